The van der Waals surface area contributed by atoms with E-state index in [4.69, 9.17) is 4.74 Å². The SMILES string of the molecule is CCOc1ccc(N2CC(C)C(=O)NC2=O)cc1F. The molecular formula is C13H15FN2O3. The topological polar surface area (TPSA) is 58.6 Å². The van der Waals surface area contributed by atoms with Crippen LogP contribution in [-0.4, -0.2) is 25.1 Å². The molecule has 3 amide bonds. The predicted octanol–water partition coefficient (Wildman–Crippen LogP) is 1.92. The molecule has 1 atom stereocenters. The molecule has 2 rings (SSSR count). The molecule has 1 aliphatic heterocycles. The minimum absolute atomic E-state index is 0.146. The maximum atomic E-state index is 13.7. The molecule has 1 saturated heterocycles. The molecule has 1 aromatic carbocycles. The third kappa shape index (κ3) is 2.67. The number of imide groups is 1. The number of rotatable bonds is 3. The van der Waals surface area contributed by atoms with E-state index in [0.717, 1.165) is 0 Å². The number of hydrogen-bond donors (Lipinski definition) is 1. The Hall–Kier alpha value is -2.11. The molecule has 0 aromatic heterocycles. The van der Waals surface area contributed by atoms with Crippen molar-refractivity contribution in [2.24, 2.45) is 5.92 Å². The van der Waals surface area contributed by atoms with Gasteiger partial charge in [-0.15, -0.1) is 0 Å². The van der Waals surface area contributed by atoms with Gasteiger partial charge in [-0.25, -0.2) is 9.18 Å². The van der Waals surface area contributed by atoms with Crippen LogP contribution >= 0.6 is 0 Å². The number of benzene rings is 1. The molecule has 102 valence electrons. The van der Waals surface area contributed by atoms with E-state index in [-0.39, 0.29) is 24.1 Å². The van der Waals surface area contributed by atoms with E-state index in [9.17, 15) is 14.0 Å². The van der Waals surface area contributed by atoms with Gasteiger partial charge < -0.3 is 4.74 Å². The number of carbonyl (C=O) groups excluding carboxylic acids is 2. The van der Waals surface area contributed by atoms with E-state index < -0.39 is 11.8 Å². The molecule has 0 aliphatic carbocycles. The lowest BCUT2D eigenvalue weighted by molar-refractivity contribution is -0.123. The van der Waals surface area contributed by atoms with Crippen molar-refractivity contribution in [3.8, 4) is 5.75 Å². The summed E-state index contributed by atoms with van der Waals surface area (Å²) in [6.45, 7) is 4.07. The summed E-state index contributed by atoms with van der Waals surface area (Å²) in [6, 6.07) is 3.76. The Balaban J connectivity index is 2.24. The van der Waals surface area contributed by atoms with Crippen molar-refractivity contribution in [3.05, 3.63) is 24.0 Å². The zero-order valence-electron chi connectivity index (χ0n) is 10.8. The van der Waals surface area contributed by atoms with Gasteiger partial charge in [0.25, 0.3) is 0 Å². The molecule has 1 aliphatic rings. The van der Waals surface area contributed by atoms with Crippen LogP contribution in [0.25, 0.3) is 0 Å². The number of carbonyl (C=O) groups is 2. The number of nitrogens with one attached hydrogen (secondary N) is 1. The highest BCUT2D eigenvalue weighted by molar-refractivity contribution is 6.06. The van der Waals surface area contributed by atoms with E-state index in [1.54, 1.807) is 19.9 Å². The van der Waals surface area contributed by atoms with Gasteiger partial charge in [-0.2, -0.15) is 0 Å². The van der Waals surface area contributed by atoms with Gasteiger partial charge >= 0.3 is 6.03 Å². The van der Waals surface area contributed by atoms with Crippen molar-refractivity contribution >= 4 is 17.6 Å². The average Bonchev–Trinajstić information content (AvgIpc) is 2.36. The smallest absolute Gasteiger partial charge is 0.328 e. The van der Waals surface area contributed by atoms with Gasteiger partial charge in [0, 0.05) is 18.3 Å². The van der Waals surface area contributed by atoms with Gasteiger partial charge in [0.1, 0.15) is 0 Å². The van der Waals surface area contributed by atoms with Crippen LogP contribution in [0.1, 0.15) is 13.8 Å². The zero-order chi connectivity index (χ0) is 14.0. The number of ether oxygens (including phenoxy) is 1. The maximum Gasteiger partial charge on any atom is 0.328 e. The average molecular weight is 266 g/mol. The van der Waals surface area contributed by atoms with Crippen molar-refractivity contribution in [1.82, 2.24) is 5.32 Å². The van der Waals surface area contributed by atoms with Crippen LogP contribution in [0.2, 0.25) is 0 Å². The Morgan fingerprint density at radius 3 is 2.84 bits per heavy atom. The monoisotopic (exact) mass is 266 g/mol. The predicted molar refractivity (Wildman–Crippen MR) is 67.6 cm³/mol. The minimum Gasteiger partial charge on any atom is -0.491 e. The van der Waals surface area contributed by atoms with Crippen molar-refractivity contribution in [3.63, 3.8) is 0 Å². The van der Waals surface area contributed by atoms with Crippen LogP contribution < -0.4 is 15.0 Å². The molecule has 0 bridgehead atoms. The van der Waals surface area contributed by atoms with Gasteiger partial charge in [0.05, 0.1) is 12.5 Å². The first-order chi connectivity index (χ1) is 9.02. The van der Waals surface area contributed by atoms with Crippen LogP contribution in [0.4, 0.5) is 14.9 Å². The summed E-state index contributed by atoms with van der Waals surface area (Å²) >= 11 is 0. The molecular weight excluding hydrogens is 251 g/mol. The third-order valence-corrected chi connectivity index (χ3v) is 2.91. The first-order valence-electron chi connectivity index (χ1n) is 6.07. The van der Waals surface area contributed by atoms with E-state index in [1.165, 1.54) is 17.0 Å². The van der Waals surface area contributed by atoms with Crippen molar-refractivity contribution in [2.75, 3.05) is 18.1 Å². The van der Waals surface area contributed by atoms with Crippen LogP contribution in [0.15, 0.2) is 18.2 Å². The maximum absolute atomic E-state index is 13.7. The fourth-order valence-electron chi connectivity index (χ4n) is 1.89. The second-order valence-corrected chi connectivity index (χ2v) is 4.35. The summed E-state index contributed by atoms with van der Waals surface area (Å²) in [6.07, 6.45) is 0. The zero-order valence-corrected chi connectivity index (χ0v) is 10.8. The van der Waals surface area contributed by atoms with Crippen molar-refractivity contribution in [1.29, 1.82) is 0 Å². The highest BCUT2D eigenvalue weighted by atomic mass is 19.1. The van der Waals surface area contributed by atoms with E-state index in [1.807, 2.05) is 0 Å². The second kappa shape index (κ2) is 5.26. The first-order valence-corrected chi connectivity index (χ1v) is 6.07. The highest BCUT2D eigenvalue weighted by Crippen LogP contribution is 2.25. The number of halogens is 1. The Morgan fingerprint density at radius 2 is 2.21 bits per heavy atom. The Bertz CT molecular complexity index is 519. The lowest BCUT2D eigenvalue weighted by atomic mass is 10.1. The molecule has 5 nitrogen and oxygen atoms in total. The Labute approximate surface area is 110 Å². The second-order valence-electron chi connectivity index (χ2n) is 4.35. The first kappa shape index (κ1) is 13.3. The molecule has 0 radical (unpaired) electrons. The quantitative estimate of drug-likeness (QED) is 0.909. The molecule has 0 spiro atoms. The number of anilines is 1. The molecule has 1 N–H and O–H groups in total. The normalized spacial score (nSPS) is 19.3. The molecule has 1 heterocycles. The summed E-state index contributed by atoms with van der Waals surface area (Å²) in [5.74, 6) is -1.02. The molecule has 0 saturated carbocycles. The van der Waals surface area contributed by atoms with E-state index in [2.05, 4.69) is 5.32 Å². The molecule has 19 heavy (non-hydrogen) atoms. The summed E-state index contributed by atoms with van der Waals surface area (Å²) in [4.78, 5) is 24.4. The van der Waals surface area contributed by atoms with Gasteiger partial charge in [0.2, 0.25) is 5.91 Å². The summed E-state index contributed by atoms with van der Waals surface area (Å²) < 4.78 is 18.8. The van der Waals surface area contributed by atoms with Crippen molar-refractivity contribution < 1.29 is 18.7 Å². The van der Waals surface area contributed by atoms with Crippen LogP contribution in [0, 0.1) is 11.7 Å². The molecule has 6 heteroatoms. The minimum atomic E-state index is -0.536. The van der Waals surface area contributed by atoms with Crippen LogP contribution in [0.3, 0.4) is 0 Å². The lowest BCUT2D eigenvalue weighted by Gasteiger charge is -2.30. The van der Waals surface area contributed by atoms with Gasteiger partial charge in [-0.3, -0.25) is 15.0 Å². The lowest BCUT2D eigenvalue weighted by Crippen LogP contribution is -2.53. The summed E-state index contributed by atoms with van der Waals surface area (Å²) in [5, 5.41) is 2.23. The van der Waals surface area contributed by atoms with Crippen LogP contribution in [0.5, 0.6) is 5.75 Å². The molecule has 1 fully saturated rings. The Morgan fingerprint density at radius 1 is 1.47 bits per heavy atom. The number of nitrogens with zero attached hydrogens (tertiary/aromatic N) is 1. The largest absolute Gasteiger partial charge is 0.491 e. The fourth-order valence-corrected chi connectivity index (χ4v) is 1.89. The third-order valence-electron chi connectivity index (χ3n) is 2.91. The number of hydrogen-bond acceptors (Lipinski definition) is 3. The molecule has 1 aromatic rings. The van der Waals surface area contributed by atoms with Gasteiger partial charge in [-0.05, 0) is 19.1 Å². The van der Waals surface area contributed by atoms with Crippen molar-refractivity contribution in [2.45, 2.75) is 13.8 Å². The van der Waals surface area contributed by atoms with Crippen LogP contribution in [-0.2, 0) is 4.79 Å². The summed E-state index contributed by atoms with van der Waals surface area (Å²) in [7, 11) is 0. The van der Waals surface area contributed by atoms with E-state index in [0.29, 0.717) is 12.3 Å². The van der Waals surface area contributed by atoms with E-state index >= 15 is 0 Å². The summed E-state index contributed by atoms with van der Waals surface area (Å²) in [5.41, 5.74) is 0.401. The number of urea groups is 1. The van der Waals surface area contributed by atoms with Gasteiger partial charge in [-0.1, -0.05) is 6.92 Å². The van der Waals surface area contributed by atoms with Gasteiger partial charge in [0.15, 0.2) is 11.6 Å². The standard InChI is InChI=1S/C13H15FN2O3/c1-3-19-11-5-4-9(6-10(11)14)16-7-8(2)12(17)15-13(16)18/h4-6,8H,3,7H2,1-2H3,(H,15,17,18). The Kier molecular flexibility index (Phi) is 3.69. The highest BCUT2D eigenvalue weighted by Gasteiger charge is 2.30. The molecule has 1 unspecified atom stereocenters. The fraction of sp³-hybridized carbons (Fsp3) is 0.385. The number of amides is 3.